The smallest absolute Gasteiger partial charge is 0.211 e. The van der Waals surface area contributed by atoms with E-state index in [0.717, 1.165) is 24.8 Å². The van der Waals surface area contributed by atoms with Crippen molar-refractivity contribution < 1.29 is 8.42 Å². The fourth-order valence-corrected chi connectivity index (χ4v) is 5.15. The molecule has 0 spiro atoms. The molecule has 1 aliphatic rings. The van der Waals surface area contributed by atoms with Gasteiger partial charge in [0.2, 0.25) is 10.0 Å². The maximum atomic E-state index is 11.6. The Morgan fingerprint density at radius 2 is 2.25 bits per heavy atom. The molecule has 0 aliphatic carbocycles. The van der Waals surface area contributed by atoms with Crippen LogP contribution in [0.3, 0.4) is 0 Å². The Labute approximate surface area is 133 Å². The molecule has 0 aromatic carbocycles. The van der Waals surface area contributed by atoms with Crippen LogP contribution in [-0.2, 0) is 10.0 Å². The Balaban J connectivity index is 2.01. The second-order valence-electron chi connectivity index (χ2n) is 5.25. The summed E-state index contributed by atoms with van der Waals surface area (Å²) in [6.45, 7) is 1.15. The van der Waals surface area contributed by atoms with E-state index in [1.54, 1.807) is 6.07 Å². The number of piperidine rings is 1. The highest BCUT2D eigenvalue weighted by atomic mass is 35.5. The highest BCUT2D eigenvalue weighted by molar-refractivity contribution is 7.88. The minimum atomic E-state index is -3.12. The molecule has 2 N–H and O–H groups in total. The van der Waals surface area contributed by atoms with Gasteiger partial charge in [0, 0.05) is 19.1 Å². The quantitative estimate of drug-likeness (QED) is 0.901. The number of nitrogens with zero attached hydrogens (tertiary/aromatic N) is 1. The Hall–Kier alpha value is 0.150. The monoisotopic (exact) mass is 356 g/mol. The lowest BCUT2D eigenvalue weighted by atomic mass is 9.91. The van der Waals surface area contributed by atoms with Gasteiger partial charge in [-0.1, -0.05) is 23.2 Å². The molecule has 4 nitrogen and oxygen atoms in total. The fourth-order valence-electron chi connectivity index (χ4n) is 2.61. The van der Waals surface area contributed by atoms with E-state index in [2.05, 4.69) is 0 Å². The zero-order valence-electron chi connectivity index (χ0n) is 11.2. The van der Waals surface area contributed by atoms with Crippen LogP contribution in [0.25, 0.3) is 0 Å². The summed E-state index contributed by atoms with van der Waals surface area (Å²) in [5.41, 5.74) is 7.05. The fraction of sp³-hybridized carbons (Fsp3) is 0.667. The van der Waals surface area contributed by atoms with Gasteiger partial charge in [0.1, 0.15) is 0 Å². The first kappa shape index (κ1) is 16.5. The second kappa shape index (κ2) is 6.50. The summed E-state index contributed by atoms with van der Waals surface area (Å²) in [5, 5.41) is 0. The molecule has 0 saturated carbocycles. The molecule has 1 aliphatic heterocycles. The van der Waals surface area contributed by atoms with E-state index < -0.39 is 10.0 Å². The SMILES string of the molecule is CS(=O)(=O)N1CCCC(CC(N)c2cc(Cl)sc2Cl)C1. The summed E-state index contributed by atoms with van der Waals surface area (Å²) < 4.78 is 26.0. The number of halogens is 2. The third kappa shape index (κ3) is 4.08. The third-order valence-corrected chi connectivity index (χ3v) is 6.41. The summed E-state index contributed by atoms with van der Waals surface area (Å²) in [5.74, 6) is 0.267. The van der Waals surface area contributed by atoms with Gasteiger partial charge in [0.15, 0.2) is 0 Å². The molecule has 1 fully saturated rings. The summed E-state index contributed by atoms with van der Waals surface area (Å²) in [6.07, 6.45) is 3.85. The summed E-state index contributed by atoms with van der Waals surface area (Å²) in [6, 6.07) is 1.60. The Morgan fingerprint density at radius 3 is 2.80 bits per heavy atom. The van der Waals surface area contributed by atoms with Crippen molar-refractivity contribution in [3.63, 3.8) is 0 Å². The van der Waals surface area contributed by atoms with Crippen molar-refractivity contribution >= 4 is 44.6 Å². The van der Waals surface area contributed by atoms with Crippen LogP contribution < -0.4 is 5.73 Å². The van der Waals surface area contributed by atoms with Gasteiger partial charge in [0.05, 0.1) is 14.9 Å². The van der Waals surface area contributed by atoms with Crippen molar-refractivity contribution in [2.24, 2.45) is 11.7 Å². The number of hydrogen-bond acceptors (Lipinski definition) is 4. The van der Waals surface area contributed by atoms with Crippen LogP contribution in [0.1, 0.15) is 30.9 Å². The van der Waals surface area contributed by atoms with Crippen LogP contribution in [-0.4, -0.2) is 32.1 Å². The lowest BCUT2D eigenvalue weighted by Crippen LogP contribution is -2.40. The van der Waals surface area contributed by atoms with Gasteiger partial charge in [-0.05, 0) is 36.8 Å². The normalized spacial score (nSPS) is 22.9. The van der Waals surface area contributed by atoms with E-state index in [-0.39, 0.29) is 12.0 Å². The van der Waals surface area contributed by atoms with Crippen LogP contribution in [0.5, 0.6) is 0 Å². The highest BCUT2D eigenvalue weighted by Crippen LogP contribution is 2.37. The standard InChI is InChI=1S/C12H18Cl2N2O2S2/c1-20(17,18)16-4-2-3-8(7-16)5-10(15)9-6-11(13)19-12(9)14/h6,8,10H,2-5,7,15H2,1H3. The molecule has 8 heteroatoms. The van der Waals surface area contributed by atoms with E-state index in [1.165, 1.54) is 21.9 Å². The van der Waals surface area contributed by atoms with Gasteiger partial charge in [0.25, 0.3) is 0 Å². The molecule has 1 saturated heterocycles. The molecule has 0 radical (unpaired) electrons. The maximum Gasteiger partial charge on any atom is 0.211 e. The number of rotatable bonds is 4. The Kier molecular flexibility index (Phi) is 5.37. The minimum absolute atomic E-state index is 0.198. The first-order chi connectivity index (χ1) is 9.27. The molecular formula is C12H18Cl2N2O2S2. The highest BCUT2D eigenvalue weighted by Gasteiger charge is 2.28. The van der Waals surface area contributed by atoms with E-state index in [4.69, 9.17) is 28.9 Å². The molecule has 1 aromatic heterocycles. The van der Waals surface area contributed by atoms with E-state index in [9.17, 15) is 8.42 Å². The topological polar surface area (TPSA) is 63.4 Å². The third-order valence-electron chi connectivity index (χ3n) is 3.62. The van der Waals surface area contributed by atoms with Crippen LogP contribution in [0.4, 0.5) is 0 Å². The van der Waals surface area contributed by atoms with Gasteiger partial charge in [-0.15, -0.1) is 11.3 Å². The van der Waals surface area contributed by atoms with Crippen molar-refractivity contribution in [1.29, 1.82) is 0 Å². The molecule has 20 heavy (non-hydrogen) atoms. The summed E-state index contributed by atoms with van der Waals surface area (Å²) in [4.78, 5) is 0. The van der Waals surface area contributed by atoms with Gasteiger partial charge in [-0.25, -0.2) is 12.7 Å². The minimum Gasteiger partial charge on any atom is -0.324 e. The molecule has 1 aromatic rings. The van der Waals surface area contributed by atoms with E-state index in [1.807, 2.05) is 0 Å². The zero-order chi connectivity index (χ0) is 14.9. The number of nitrogens with two attached hydrogens (primary N) is 1. The van der Waals surface area contributed by atoms with Gasteiger partial charge >= 0.3 is 0 Å². The van der Waals surface area contributed by atoms with Crippen LogP contribution in [0.2, 0.25) is 8.67 Å². The predicted molar refractivity (Wildman–Crippen MR) is 85.0 cm³/mol. The predicted octanol–water partition coefficient (Wildman–Crippen LogP) is 3.12. The molecule has 2 heterocycles. The molecule has 2 rings (SSSR count). The Bertz CT molecular complexity index is 574. The van der Waals surface area contributed by atoms with E-state index >= 15 is 0 Å². The first-order valence-electron chi connectivity index (χ1n) is 6.43. The second-order valence-corrected chi connectivity index (χ2v) is 9.52. The molecular weight excluding hydrogens is 339 g/mol. The van der Waals surface area contributed by atoms with Crippen LogP contribution >= 0.6 is 34.5 Å². The average Bonchev–Trinajstić information content (AvgIpc) is 2.68. The van der Waals surface area contributed by atoms with Gasteiger partial charge < -0.3 is 5.73 Å². The molecule has 114 valence electrons. The van der Waals surface area contributed by atoms with Crippen molar-refractivity contribution in [2.75, 3.05) is 19.3 Å². The zero-order valence-corrected chi connectivity index (χ0v) is 14.3. The molecule has 2 atom stereocenters. The van der Waals surface area contributed by atoms with Gasteiger partial charge in [-0.2, -0.15) is 0 Å². The van der Waals surface area contributed by atoms with E-state index in [0.29, 0.717) is 21.8 Å². The van der Waals surface area contributed by atoms with Crippen molar-refractivity contribution in [2.45, 2.75) is 25.3 Å². The summed E-state index contributed by atoms with van der Waals surface area (Å²) >= 11 is 13.3. The molecule has 2 unspecified atom stereocenters. The van der Waals surface area contributed by atoms with Crippen molar-refractivity contribution in [1.82, 2.24) is 4.31 Å². The van der Waals surface area contributed by atoms with Gasteiger partial charge in [-0.3, -0.25) is 0 Å². The molecule has 0 bridgehead atoms. The largest absolute Gasteiger partial charge is 0.324 e. The van der Waals surface area contributed by atoms with Crippen molar-refractivity contribution in [3.05, 3.63) is 20.3 Å². The molecule has 0 amide bonds. The van der Waals surface area contributed by atoms with Crippen LogP contribution in [0, 0.1) is 5.92 Å². The van der Waals surface area contributed by atoms with Crippen molar-refractivity contribution in [3.8, 4) is 0 Å². The average molecular weight is 357 g/mol. The summed E-state index contributed by atoms with van der Waals surface area (Å²) in [7, 11) is -3.12. The number of hydrogen-bond donors (Lipinski definition) is 1. The lowest BCUT2D eigenvalue weighted by Gasteiger charge is -2.32. The Morgan fingerprint density at radius 1 is 1.55 bits per heavy atom. The number of thiophene rings is 1. The number of sulfonamides is 1. The van der Waals surface area contributed by atoms with Crippen LogP contribution in [0.15, 0.2) is 6.07 Å². The maximum absolute atomic E-state index is 11.6. The lowest BCUT2D eigenvalue weighted by molar-refractivity contribution is 0.247. The first-order valence-corrected chi connectivity index (χ1v) is 9.85.